The van der Waals surface area contributed by atoms with Crippen LogP contribution in [0.1, 0.15) is 0 Å². The van der Waals surface area contributed by atoms with E-state index >= 15 is 0 Å². The molecule has 0 aromatic heterocycles. The van der Waals surface area contributed by atoms with Crippen LogP contribution in [0.5, 0.6) is 17.2 Å². The molecule has 0 radical (unpaired) electrons. The molecule has 0 spiro atoms. The Hall–Kier alpha value is -3.72. The van der Waals surface area contributed by atoms with Crippen molar-refractivity contribution in [1.29, 1.82) is 0 Å². The first kappa shape index (κ1) is 20.5. The number of hydrogen-bond acceptors (Lipinski definition) is 6. The molecule has 2 N–H and O–H groups in total. The lowest BCUT2D eigenvalue weighted by molar-refractivity contribution is -0.125. The number of benzene rings is 3. The van der Waals surface area contributed by atoms with Gasteiger partial charge < -0.3 is 19.5 Å². The molecule has 1 amide bonds. The molecule has 8 nitrogen and oxygen atoms in total. The molecule has 0 aliphatic carbocycles. The second-order valence-corrected chi connectivity index (χ2v) is 8.40. The number of carbonyl (C=O) groups is 1. The molecule has 0 saturated heterocycles. The predicted molar refractivity (Wildman–Crippen MR) is 115 cm³/mol. The van der Waals surface area contributed by atoms with Crippen molar-refractivity contribution in [3.8, 4) is 17.2 Å². The molecular weight excluding hydrogens is 420 g/mol. The van der Waals surface area contributed by atoms with Crippen LogP contribution in [0.15, 0.2) is 77.7 Å². The summed E-state index contributed by atoms with van der Waals surface area (Å²) in [4.78, 5) is 12.6. The summed E-state index contributed by atoms with van der Waals surface area (Å²) in [5, 5.41) is 2.71. The maximum absolute atomic E-state index is 12.6. The molecule has 9 heteroatoms. The fraction of sp³-hybridized carbons (Fsp3) is 0.136. The van der Waals surface area contributed by atoms with Crippen LogP contribution < -0.4 is 24.2 Å². The van der Waals surface area contributed by atoms with E-state index in [4.69, 9.17) is 14.2 Å². The molecule has 1 aliphatic rings. The zero-order valence-corrected chi connectivity index (χ0v) is 17.4. The van der Waals surface area contributed by atoms with E-state index < -0.39 is 16.1 Å². The number of hydrogen-bond donors (Lipinski definition) is 2. The minimum Gasteiger partial charge on any atom is -0.497 e. The van der Waals surface area contributed by atoms with E-state index in [1.165, 1.54) is 31.4 Å². The van der Waals surface area contributed by atoms with Gasteiger partial charge in [-0.25, -0.2) is 8.42 Å². The van der Waals surface area contributed by atoms with Crippen molar-refractivity contribution < 1.29 is 27.4 Å². The number of para-hydroxylation sites is 2. The summed E-state index contributed by atoms with van der Waals surface area (Å²) >= 11 is 0. The molecule has 31 heavy (non-hydrogen) atoms. The van der Waals surface area contributed by atoms with E-state index in [0.717, 1.165) is 0 Å². The Morgan fingerprint density at radius 2 is 1.71 bits per heavy atom. The highest BCUT2D eigenvalue weighted by Gasteiger charge is 2.27. The van der Waals surface area contributed by atoms with Gasteiger partial charge in [-0.15, -0.1) is 0 Å². The summed E-state index contributed by atoms with van der Waals surface area (Å²) in [5.41, 5.74) is 0.819. The third-order valence-corrected chi connectivity index (χ3v) is 5.95. The van der Waals surface area contributed by atoms with Crippen LogP contribution in [0.4, 0.5) is 11.4 Å². The van der Waals surface area contributed by atoms with E-state index in [0.29, 0.717) is 28.6 Å². The molecule has 160 valence electrons. The highest BCUT2D eigenvalue weighted by Crippen LogP contribution is 2.31. The van der Waals surface area contributed by atoms with Crippen molar-refractivity contribution in [2.24, 2.45) is 0 Å². The maximum Gasteiger partial charge on any atom is 0.269 e. The number of amides is 1. The fourth-order valence-corrected chi connectivity index (χ4v) is 4.04. The minimum absolute atomic E-state index is 0.0551. The smallest absolute Gasteiger partial charge is 0.269 e. The lowest BCUT2D eigenvalue weighted by Gasteiger charge is -2.25. The van der Waals surface area contributed by atoms with Gasteiger partial charge in [0, 0.05) is 11.8 Å². The zero-order chi connectivity index (χ0) is 21.8. The van der Waals surface area contributed by atoms with Crippen LogP contribution in [0.25, 0.3) is 0 Å². The Morgan fingerprint density at radius 3 is 2.45 bits per heavy atom. The van der Waals surface area contributed by atoms with Gasteiger partial charge in [-0.3, -0.25) is 9.52 Å². The number of carbonyl (C=O) groups excluding carboxylic acids is 1. The first-order valence-corrected chi connectivity index (χ1v) is 10.9. The summed E-state index contributed by atoms with van der Waals surface area (Å²) in [5.74, 6) is 1.23. The fourth-order valence-electron chi connectivity index (χ4n) is 2.99. The van der Waals surface area contributed by atoms with Crippen LogP contribution in [-0.4, -0.2) is 34.1 Å². The van der Waals surface area contributed by atoms with Gasteiger partial charge in [0.1, 0.15) is 12.4 Å². The van der Waals surface area contributed by atoms with Crippen molar-refractivity contribution >= 4 is 27.3 Å². The zero-order valence-electron chi connectivity index (χ0n) is 16.6. The van der Waals surface area contributed by atoms with E-state index in [1.54, 1.807) is 42.5 Å². The molecule has 0 saturated carbocycles. The standard InChI is InChI=1S/C22H20N2O6S/c1-28-17-6-4-5-16(13-17)24-31(26,27)18-11-9-15(10-12-18)23-22(25)21-14-29-19-7-2-3-8-20(19)30-21/h2-13,21,24H,14H2,1H3,(H,23,25). The molecule has 0 bridgehead atoms. The van der Waals surface area contributed by atoms with Crippen molar-refractivity contribution in [3.05, 3.63) is 72.8 Å². The summed E-state index contributed by atoms with van der Waals surface area (Å²) < 4.78 is 44.1. The third kappa shape index (κ3) is 4.72. The van der Waals surface area contributed by atoms with Crippen molar-refractivity contribution in [1.82, 2.24) is 0 Å². The van der Waals surface area contributed by atoms with Crippen LogP contribution in [-0.2, 0) is 14.8 Å². The van der Waals surface area contributed by atoms with Gasteiger partial charge in [0.05, 0.1) is 17.7 Å². The lowest BCUT2D eigenvalue weighted by Crippen LogP contribution is -2.40. The molecule has 4 rings (SSSR count). The molecule has 3 aromatic rings. The Kier molecular flexibility index (Phi) is 5.68. The number of methoxy groups -OCH3 is 1. The topological polar surface area (TPSA) is 103 Å². The number of anilines is 2. The van der Waals surface area contributed by atoms with E-state index in [1.807, 2.05) is 6.07 Å². The van der Waals surface area contributed by atoms with Gasteiger partial charge >= 0.3 is 0 Å². The van der Waals surface area contributed by atoms with Crippen LogP contribution in [0, 0.1) is 0 Å². The van der Waals surface area contributed by atoms with Gasteiger partial charge in [-0.2, -0.15) is 0 Å². The number of sulfonamides is 1. The summed E-state index contributed by atoms with van der Waals surface area (Å²) in [6.45, 7) is 0.0831. The summed E-state index contributed by atoms with van der Waals surface area (Å²) in [6.07, 6.45) is -0.812. The Morgan fingerprint density at radius 1 is 0.968 bits per heavy atom. The van der Waals surface area contributed by atoms with Gasteiger partial charge in [0.15, 0.2) is 11.5 Å². The minimum atomic E-state index is -3.80. The molecule has 3 aromatic carbocycles. The summed E-state index contributed by atoms with van der Waals surface area (Å²) in [6, 6.07) is 19.5. The average molecular weight is 440 g/mol. The average Bonchev–Trinajstić information content (AvgIpc) is 2.79. The molecule has 1 unspecified atom stereocenters. The van der Waals surface area contributed by atoms with E-state index in [-0.39, 0.29) is 17.4 Å². The first-order chi connectivity index (χ1) is 14.9. The quantitative estimate of drug-likeness (QED) is 0.610. The maximum atomic E-state index is 12.6. The van der Waals surface area contributed by atoms with Crippen LogP contribution in [0.3, 0.4) is 0 Å². The molecule has 1 atom stereocenters. The van der Waals surface area contributed by atoms with Gasteiger partial charge in [0.2, 0.25) is 6.10 Å². The molecular formula is C22H20N2O6S. The summed E-state index contributed by atoms with van der Waals surface area (Å²) in [7, 11) is -2.30. The Balaban J connectivity index is 1.41. The third-order valence-electron chi connectivity index (χ3n) is 4.56. The predicted octanol–water partition coefficient (Wildman–Crippen LogP) is 3.27. The van der Waals surface area contributed by atoms with Crippen LogP contribution in [0.2, 0.25) is 0 Å². The Bertz CT molecular complexity index is 1190. The number of rotatable bonds is 6. The monoisotopic (exact) mass is 440 g/mol. The first-order valence-electron chi connectivity index (χ1n) is 9.41. The number of ether oxygens (including phenoxy) is 3. The SMILES string of the molecule is COc1cccc(NS(=O)(=O)c2ccc(NC(=O)C3COc4ccccc4O3)cc2)c1. The molecule has 1 aliphatic heterocycles. The normalized spacial score (nSPS) is 15.1. The second kappa shape index (κ2) is 8.57. The molecule has 0 fully saturated rings. The van der Waals surface area contributed by atoms with Crippen molar-refractivity contribution in [2.45, 2.75) is 11.0 Å². The van der Waals surface area contributed by atoms with Gasteiger partial charge in [0.25, 0.3) is 15.9 Å². The van der Waals surface area contributed by atoms with Crippen molar-refractivity contribution in [2.75, 3.05) is 23.8 Å². The largest absolute Gasteiger partial charge is 0.497 e. The Labute approximate surface area is 179 Å². The van der Waals surface area contributed by atoms with Gasteiger partial charge in [-0.05, 0) is 48.5 Å². The number of nitrogens with one attached hydrogen (secondary N) is 2. The highest BCUT2D eigenvalue weighted by molar-refractivity contribution is 7.92. The lowest BCUT2D eigenvalue weighted by atomic mass is 10.2. The van der Waals surface area contributed by atoms with Gasteiger partial charge in [-0.1, -0.05) is 18.2 Å². The second-order valence-electron chi connectivity index (χ2n) is 6.72. The van der Waals surface area contributed by atoms with E-state index in [2.05, 4.69) is 10.0 Å². The molecule has 1 heterocycles. The highest BCUT2D eigenvalue weighted by atomic mass is 32.2. The van der Waals surface area contributed by atoms with Crippen molar-refractivity contribution in [3.63, 3.8) is 0 Å². The number of fused-ring (bicyclic) bond motifs is 1. The van der Waals surface area contributed by atoms with Crippen LogP contribution >= 0.6 is 0 Å². The van der Waals surface area contributed by atoms with E-state index in [9.17, 15) is 13.2 Å².